The highest BCUT2D eigenvalue weighted by atomic mass is 16.5. The summed E-state index contributed by atoms with van der Waals surface area (Å²) in [7, 11) is 0. The van der Waals surface area contributed by atoms with Gasteiger partial charge in [-0.2, -0.15) is 0 Å². The van der Waals surface area contributed by atoms with Gasteiger partial charge in [0.15, 0.2) is 0 Å². The number of aliphatic hydroxyl groups is 1. The second-order valence-corrected chi connectivity index (χ2v) is 4.45. The van der Waals surface area contributed by atoms with Gasteiger partial charge in [0.05, 0.1) is 12.7 Å². The third-order valence-corrected chi connectivity index (χ3v) is 3.20. The summed E-state index contributed by atoms with van der Waals surface area (Å²) >= 11 is 0. The Morgan fingerprint density at radius 1 is 1.31 bits per heavy atom. The van der Waals surface area contributed by atoms with Gasteiger partial charge in [-0.3, -0.25) is 0 Å². The molecular formula is C13H19NO2. The highest BCUT2D eigenvalue weighted by Gasteiger charge is 2.29. The maximum absolute atomic E-state index is 9.86. The SMILES string of the molecule is NCC1CC(OCC(O)c2ccccc2)C1. The molecule has 2 rings (SSSR count). The average molecular weight is 221 g/mol. The molecule has 1 aliphatic rings. The Bertz CT molecular complexity index is 309. The van der Waals surface area contributed by atoms with Gasteiger partial charge in [-0.1, -0.05) is 30.3 Å². The summed E-state index contributed by atoms with van der Waals surface area (Å²) in [6.45, 7) is 1.13. The van der Waals surface area contributed by atoms with Crippen LogP contribution in [0.5, 0.6) is 0 Å². The molecule has 1 atom stereocenters. The van der Waals surface area contributed by atoms with E-state index < -0.39 is 6.10 Å². The quantitative estimate of drug-likeness (QED) is 0.791. The Labute approximate surface area is 96.2 Å². The van der Waals surface area contributed by atoms with E-state index in [2.05, 4.69) is 0 Å². The standard InChI is InChI=1S/C13H19NO2/c14-8-10-6-12(7-10)16-9-13(15)11-4-2-1-3-5-11/h1-5,10,12-13,15H,6-9,14H2. The molecule has 1 aromatic rings. The van der Waals surface area contributed by atoms with E-state index in [-0.39, 0.29) is 0 Å². The van der Waals surface area contributed by atoms with Crippen molar-refractivity contribution in [3.63, 3.8) is 0 Å². The van der Waals surface area contributed by atoms with Crippen molar-refractivity contribution in [1.29, 1.82) is 0 Å². The fraction of sp³-hybridized carbons (Fsp3) is 0.538. The number of hydrogen-bond acceptors (Lipinski definition) is 3. The minimum absolute atomic E-state index is 0.298. The second-order valence-electron chi connectivity index (χ2n) is 4.45. The highest BCUT2D eigenvalue weighted by molar-refractivity contribution is 5.17. The van der Waals surface area contributed by atoms with E-state index in [0.29, 0.717) is 18.6 Å². The van der Waals surface area contributed by atoms with Crippen molar-refractivity contribution in [2.75, 3.05) is 13.2 Å². The van der Waals surface area contributed by atoms with Crippen molar-refractivity contribution in [3.8, 4) is 0 Å². The van der Waals surface area contributed by atoms with Crippen molar-refractivity contribution < 1.29 is 9.84 Å². The molecule has 0 heterocycles. The Balaban J connectivity index is 1.71. The van der Waals surface area contributed by atoms with Crippen molar-refractivity contribution in [2.45, 2.75) is 25.0 Å². The predicted molar refractivity (Wildman–Crippen MR) is 62.9 cm³/mol. The zero-order valence-corrected chi connectivity index (χ0v) is 9.38. The number of hydrogen-bond donors (Lipinski definition) is 2. The fourth-order valence-electron chi connectivity index (χ4n) is 2.00. The largest absolute Gasteiger partial charge is 0.386 e. The molecule has 0 spiro atoms. The van der Waals surface area contributed by atoms with Gasteiger partial charge in [-0.25, -0.2) is 0 Å². The molecule has 0 saturated heterocycles. The van der Waals surface area contributed by atoms with Crippen molar-refractivity contribution in [2.24, 2.45) is 11.7 Å². The van der Waals surface area contributed by atoms with E-state index in [1.807, 2.05) is 30.3 Å². The van der Waals surface area contributed by atoms with Gasteiger partial charge in [0.2, 0.25) is 0 Å². The zero-order chi connectivity index (χ0) is 11.4. The molecule has 1 aromatic carbocycles. The van der Waals surface area contributed by atoms with Crippen molar-refractivity contribution in [1.82, 2.24) is 0 Å². The van der Waals surface area contributed by atoms with Gasteiger partial charge in [-0.05, 0) is 30.9 Å². The molecule has 0 bridgehead atoms. The number of aliphatic hydroxyl groups excluding tert-OH is 1. The molecule has 3 N–H and O–H groups in total. The zero-order valence-electron chi connectivity index (χ0n) is 9.38. The van der Waals surface area contributed by atoms with Crippen LogP contribution in [0.2, 0.25) is 0 Å². The van der Waals surface area contributed by atoms with Gasteiger partial charge < -0.3 is 15.6 Å². The maximum Gasteiger partial charge on any atom is 0.102 e. The van der Waals surface area contributed by atoms with Crippen LogP contribution in [-0.4, -0.2) is 24.4 Å². The third-order valence-electron chi connectivity index (χ3n) is 3.20. The lowest BCUT2D eigenvalue weighted by molar-refractivity contribution is -0.0632. The molecule has 0 aromatic heterocycles. The summed E-state index contributed by atoms with van der Waals surface area (Å²) in [6, 6.07) is 9.61. The van der Waals surface area contributed by atoms with E-state index in [9.17, 15) is 5.11 Å². The smallest absolute Gasteiger partial charge is 0.102 e. The van der Waals surface area contributed by atoms with Gasteiger partial charge >= 0.3 is 0 Å². The first-order chi connectivity index (χ1) is 7.79. The van der Waals surface area contributed by atoms with Crippen LogP contribution in [0.15, 0.2) is 30.3 Å². The van der Waals surface area contributed by atoms with Gasteiger partial charge in [0.25, 0.3) is 0 Å². The molecule has 0 radical (unpaired) electrons. The van der Waals surface area contributed by atoms with E-state index >= 15 is 0 Å². The van der Waals surface area contributed by atoms with E-state index in [4.69, 9.17) is 10.5 Å². The van der Waals surface area contributed by atoms with E-state index in [0.717, 1.165) is 24.9 Å². The van der Waals surface area contributed by atoms with Crippen LogP contribution >= 0.6 is 0 Å². The summed E-state index contributed by atoms with van der Waals surface area (Å²) in [5, 5.41) is 9.86. The first-order valence-electron chi connectivity index (χ1n) is 5.84. The number of ether oxygens (including phenoxy) is 1. The molecule has 0 aliphatic heterocycles. The number of nitrogens with two attached hydrogens (primary N) is 1. The van der Waals surface area contributed by atoms with Crippen LogP contribution in [0.3, 0.4) is 0 Å². The average Bonchev–Trinajstić information content (AvgIpc) is 2.28. The molecule has 1 aliphatic carbocycles. The Hall–Kier alpha value is -0.900. The lowest BCUT2D eigenvalue weighted by Gasteiger charge is -2.34. The van der Waals surface area contributed by atoms with E-state index in [1.165, 1.54) is 0 Å². The van der Waals surface area contributed by atoms with Gasteiger partial charge in [-0.15, -0.1) is 0 Å². The minimum Gasteiger partial charge on any atom is -0.386 e. The van der Waals surface area contributed by atoms with Crippen LogP contribution in [0, 0.1) is 5.92 Å². The maximum atomic E-state index is 9.86. The van der Waals surface area contributed by atoms with Crippen molar-refractivity contribution >= 4 is 0 Å². The van der Waals surface area contributed by atoms with Crippen LogP contribution in [-0.2, 0) is 4.74 Å². The monoisotopic (exact) mass is 221 g/mol. The Kier molecular flexibility index (Phi) is 3.93. The molecule has 3 heteroatoms. The summed E-state index contributed by atoms with van der Waals surface area (Å²) in [5.41, 5.74) is 6.45. The lowest BCUT2D eigenvalue weighted by atomic mass is 9.82. The molecule has 0 amide bonds. The lowest BCUT2D eigenvalue weighted by Crippen LogP contribution is -2.36. The molecule has 1 saturated carbocycles. The summed E-state index contributed by atoms with van der Waals surface area (Å²) in [6.07, 6.45) is 1.86. The Morgan fingerprint density at radius 2 is 2.00 bits per heavy atom. The topological polar surface area (TPSA) is 55.5 Å². The first-order valence-corrected chi connectivity index (χ1v) is 5.84. The highest BCUT2D eigenvalue weighted by Crippen LogP contribution is 2.29. The number of rotatable bonds is 5. The summed E-state index contributed by atoms with van der Waals surface area (Å²) in [5.74, 6) is 0.624. The molecular weight excluding hydrogens is 202 g/mol. The predicted octanol–water partition coefficient (Wildman–Crippen LogP) is 1.47. The second kappa shape index (κ2) is 5.43. The number of benzene rings is 1. The third kappa shape index (κ3) is 2.82. The van der Waals surface area contributed by atoms with Crippen LogP contribution < -0.4 is 5.73 Å². The molecule has 3 nitrogen and oxygen atoms in total. The summed E-state index contributed by atoms with van der Waals surface area (Å²) < 4.78 is 5.62. The molecule has 16 heavy (non-hydrogen) atoms. The molecule has 1 fully saturated rings. The minimum atomic E-state index is -0.516. The molecule has 1 unspecified atom stereocenters. The van der Waals surface area contributed by atoms with E-state index in [1.54, 1.807) is 0 Å². The fourth-order valence-corrected chi connectivity index (χ4v) is 2.00. The summed E-state index contributed by atoms with van der Waals surface area (Å²) in [4.78, 5) is 0. The van der Waals surface area contributed by atoms with Gasteiger partial charge in [0, 0.05) is 0 Å². The molecule has 88 valence electrons. The van der Waals surface area contributed by atoms with Crippen molar-refractivity contribution in [3.05, 3.63) is 35.9 Å². The first kappa shape index (κ1) is 11.6. The van der Waals surface area contributed by atoms with Crippen LogP contribution in [0.25, 0.3) is 0 Å². The van der Waals surface area contributed by atoms with Gasteiger partial charge in [0.1, 0.15) is 6.10 Å². The van der Waals surface area contributed by atoms with Crippen LogP contribution in [0.1, 0.15) is 24.5 Å². The Morgan fingerprint density at radius 3 is 2.62 bits per heavy atom. The normalized spacial score (nSPS) is 26.1. The van der Waals surface area contributed by atoms with Crippen LogP contribution in [0.4, 0.5) is 0 Å².